The van der Waals surface area contributed by atoms with E-state index in [-0.39, 0.29) is 33.7 Å². The summed E-state index contributed by atoms with van der Waals surface area (Å²) in [5.74, 6) is -0.720. The summed E-state index contributed by atoms with van der Waals surface area (Å²) in [6.07, 6.45) is 0. The Morgan fingerprint density at radius 2 is 1.81 bits per heavy atom. The zero-order chi connectivity index (χ0) is 19.1. The summed E-state index contributed by atoms with van der Waals surface area (Å²) in [4.78, 5) is 23.8. The van der Waals surface area contributed by atoms with Crippen LogP contribution in [0.1, 0.15) is 15.9 Å². The Bertz CT molecular complexity index is 858. The highest BCUT2D eigenvalue weighted by Crippen LogP contribution is 2.33. The molecule has 0 fully saturated rings. The molecule has 0 aliphatic rings. The van der Waals surface area contributed by atoms with Gasteiger partial charge in [-0.2, -0.15) is 5.26 Å². The second-order valence-corrected chi connectivity index (χ2v) is 5.69. The van der Waals surface area contributed by atoms with Crippen LogP contribution in [0.25, 0.3) is 0 Å². The molecule has 0 aliphatic heterocycles. The lowest BCUT2D eigenvalue weighted by Crippen LogP contribution is -2.43. The van der Waals surface area contributed by atoms with Gasteiger partial charge in [0.25, 0.3) is 11.8 Å². The van der Waals surface area contributed by atoms with Crippen LogP contribution in [0.3, 0.4) is 0 Å². The maximum atomic E-state index is 12.1. The van der Waals surface area contributed by atoms with Gasteiger partial charge in [0.05, 0.1) is 22.7 Å². The maximum absolute atomic E-state index is 12.1. The van der Waals surface area contributed by atoms with Gasteiger partial charge in [-0.05, 0) is 24.3 Å². The van der Waals surface area contributed by atoms with E-state index in [1.807, 2.05) is 6.07 Å². The summed E-state index contributed by atoms with van der Waals surface area (Å²) in [6, 6.07) is 11.1. The third kappa shape index (κ3) is 4.79. The number of hydrazine groups is 1. The van der Waals surface area contributed by atoms with Crippen LogP contribution in [0.15, 0.2) is 36.4 Å². The first kappa shape index (κ1) is 19.4. The predicted octanol–water partition coefficient (Wildman–Crippen LogP) is 2.71. The highest BCUT2D eigenvalue weighted by atomic mass is 35.5. The average Bonchev–Trinajstić information content (AvgIpc) is 2.64. The molecule has 0 bridgehead atoms. The normalized spacial score (nSPS) is 9.77. The second-order valence-electron chi connectivity index (χ2n) is 4.87. The Morgan fingerprint density at radius 1 is 1.15 bits per heavy atom. The van der Waals surface area contributed by atoms with Crippen molar-refractivity contribution in [3.63, 3.8) is 0 Å². The van der Waals surface area contributed by atoms with Crippen molar-refractivity contribution >= 4 is 35.0 Å². The largest absolute Gasteiger partial charge is 0.494 e. The SMILES string of the molecule is COc1c(Cl)cc(C(=O)NNC(=O)COc2ccccc2C#N)cc1Cl. The average molecular weight is 394 g/mol. The lowest BCUT2D eigenvalue weighted by molar-refractivity contribution is -0.123. The minimum atomic E-state index is -0.623. The number of nitrogens with one attached hydrogen (secondary N) is 2. The topological polar surface area (TPSA) is 100 Å². The van der Waals surface area contributed by atoms with E-state index in [9.17, 15) is 9.59 Å². The number of nitrogens with zero attached hydrogens (tertiary/aromatic N) is 1. The molecule has 0 atom stereocenters. The molecule has 0 heterocycles. The Hall–Kier alpha value is -2.95. The van der Waals surface area contributed by atoms with E-state index in [0.717, 1.165) is 0 Å². The number of methoxy groups -OCH3 is 1. The van der Waals surface area contributed by atoms with Gasteiger partial charge >= 0.3 is 0 Å². The first-order valence-corrected chi connectivity index (χ1v) is 7.96. The lowest BCUT2D eigenvalue weighted by Gasteiger charge is -2.11. The van der Waals surface area contributed by atoms with Gasteiger partial charge in [0.1, 0.15) is 11.8 Å². The second kappa shape index (κ2) is 8.94. The van der Waals surface area contributed by atoms with Gasteiger partial charge in [-0.3, -0.25) is 20.4 Å². The summed E-state index contributed by atoms with van der Waals surface area (Å²) < 4.78 is 10.2. The number of hydrogen-bond donors (Lipinski definition) is 2. The molecule has 0 aliphatic carbocycles. The molecule has 9 heteroatoms. The zero-order valence-electron chi connectivity index (χ0n) is 13.5. The first-order valence-electron chi connectivity index (χ1n) is 7.20. The summed E-state index contributed by atoms with van der Waals surface area (Å²) >= 11 is 11.9. The first-order chi connectivity index (χ1) is 12.5. The van der Waals surface area contributed by atoms with Crippen molar-refractivity contribution in [2.45, 2.75) is 0 Å². The summed E-state index contributed by atoms with van der Waals surface area (Å²) in [5, 5.41) is 9.27. The monoisotopic (exact) mass is 393 g/mol. The third-order valence-electron chi connectivity index (χ3n) is 3.15. The van der Waals surface area contributed by atoms with Gasteiger partial charge in [-0.25, -0.2) is 0 Å². The van der Waals surface area contributed by atoms with Crippen LogP contribution in [-0.4, -0.2) is 25.5 Å². The molecule has 2 aromatic rings. The molecule has 0 aromatic heterocycles. The number of para-hydroxylation sites is 1. The maximum Gasteiger partial charge on any atom is 0.276 e. The number of rotatable bonds is 5. The summed E-state index contributed by atoms with van der Waals surface area (Å²) in [7, 11) is 1.40. The van der Waals surface area contributed by atoms with Gasteiger partial charge in [0.15, 0.2) is 12.4 Å². The Balaban J connectivity index is 1.91. The number of hydrogen-bond acceptors (Lipinski definition) is 5. The van der Waals surface area contributed by atoms with Crippen molar-refractivity contribution < 1.29 is 19.1 Å². The van der Waals surface area contributed by atoms with Gasteiger partial charge in [-0.1, -0.05) is 35.3 Å². The van der Waals surface area contributed by atoms with Gasteiger partial charge in [0, 0.05) is 5.56 Å². The van der Waals surface area contributed by atoms with E-state index in [4.69, 9.17) is 37.9 Å². The molecule has 2 rings (SSSR count). The van der Waals surface area contributed by atoms with Crippen LogP contribution in [0, 0.1) is 11.3 Å². The molecule has 2 aromatic carbocycles. The fourth-order valence-electron chi connectivity index (χ4n) is 1.95. The number of ether oxygens (including phenoxy) is 2. The summed E-state index contributed by atoms with van der Waals surface area (Å²) in [6.45, 7) is -0.386. The van der Waals surface area contributed by atoms with Crippen LogP contribution in [0.2, 0.25) is 10.0 Å². The number of carbonyl (C=O) groups excluding carboxylic acids is 2. The molecular formula is C17H13Cl2N3O4. The van der Waals surface area contributed by atoms with Crippen molar-refractivity contribution in [2.75, 3.05) is 13.7 Å². The molecule has 26 heavy (non-hydrogen) atoms. The standard InChI is InChI=1S/C17H13Cl2N3O4/c1-25-16-12(18)6-11(7-13(16)19)17(24)22-21-15(23)9-26-14-5-3-2-4-10(14)8-20/h2-7H,9H2,1H3,(H,21,23)(H,22,24). The molecule has 2 N–H and O–H groups in total. The third-order valence-corrected chi connectivity index (χ3v) is 3.71. The van der Waals surface area contributed by atoms with Gasteiger partial charge < -0.3 is 9.47 Å². The molecule has 2 amide bonds. The van der Waals surface area contributed by atoms with E-state index in [1.165, 1.54) is 19.2 Å². The molecule has 0 saturated carbocycles. The van der Waals surface area contributed by atoms with E-state index < -0.39 is 11.8 Å². The lowest BCUT2D eigenvalue weighted by atomic mass is 10.2. The van der Waals surface area contributed by atoms with Crippen molar-refractivity contribution in [3.8, 4) is 17.6 Å². The van der Waals surface area contributed by atoms with Crippen LogP contribution < -0.4 is 20.3 Å². The number of halogens is 2. The van der Waals surface area contributed by atoms with Gasteiger partial charge in [-0.15, -0.1) is 0 Å². The van der Waals surface area contributed by atoms with Crippen LogP contribution in [-0.2, 0) is 4.79 Å². The highest BCUT2D eigenvalue weighted by Gasteiger charge is 2.14. The van der Waals surface area contributed by atoms with Crippen molar-refractivity contribution in [2.24, 2.45) is 0 Å². The Labute approximate surface area is 159 Å². The van der Waals surface area contributed by atoms with E-state index in [2.05, 4.69) is 10.9 Å². The number of amides is 2. The van der Waals surface area contributed by atoms with Gasteiger partial charge in [0.2, 0.25) is 0 Å². The molecule has 134 valence electrons. The van der Waals surface area contributed by atoms with Crippen LogP contribution >= 0.6 is 23.2 Å². The molecule has 0 spiro atoms. The molecule has 0 saturated heterocycles. The zero-order valence-corrected chi connectivity index (χ0v) is 15.0. The number of carbonyl (C=O) groups is 2. The molecular weight excluding hydrogens is 381 g/mol. The molecule has 0 unspecified atom stereocenters. The smallest absolute Gasteiger partial charge is 0.276 e. The minimum absolute atomic E-state index is 0.136. The molecule has 0 radical (unpaired) electrons. The van der Waals surface area contributed by atoms with E-state index in [0.29, 0.717) is 5.56 Å². The minimum Gasteiger partial charge on any atom is -0.494 e. The van der Waals surface area contributed by atoms with Crippen molar-refractivity contribution in [1.82, 2.24) is 10.9 Å². The quantitative estimate of drug-likeness (QED) is 0.760. The van der Waals surface area contributed by atoms with E-state index in [1.54, 1.807) is 24.3 Å². The van der Waals surface area contributed by atoms with Crippen molar-refractivity contribution in [3.05, 3.63) is 57.6 Å². The van der Waals surface area contributed by atoms with Crippen molar-refractivity contribution in [1.29, 1.82) is 5.26 Å². The molecule has 7 nitrogen and oxygen atoms in total. The van der Waals surface area contributed by atoms with Crippen LogP contribution in [0.4, 0.5) is 0 Å². The van der Waals surface area contributed by atoms with E-state index >= 15 is 0 Å². The van der Waals surface area contributed by atoms with Crippen LogP contribution in [0.5, 0.6) is 11.5 Å². The number of nitriles is 1. The number of benzene rings is 2. The fraction of sp³-hybridized carbons (Fsp3) is 0.118. The Kier molecular flexibility index (Phi) is 6.67. The predicted molar refractivity (Wildman–Crippen MR) is 95.3 cm³/mol. The Morgan fingerprint density at radius 3 is 2.42 bits per heavy atom. The highest BCUT2D eigenvalue weighted by molar-refractivity contribution is 6.37. The fourth-order valence-corrected chi connectivity index (χ4v) is 2.59. The summed E-state index contributed by atoms with van der Waals surface area (Å²) in [5.41, 5.74) is 4.84.